The van der Waals surface area contributed by atoms with Crippen LogP contribution in [0.15, 0.2) is 65.7 Å². The molecule has 168 valence electrons. The fourth-order valence-electron chi connectivity index (χ4n) is 2.75. The Labute approximate surface area is 191 Å². The van der Waals surface area contributed by atoms with Crippen LogP contribution < -0.4 is 19.5 Å². The summed E-state index contributed by atoms with van der Waals surface area (Å²) in [7, 11) is -2.41. The maximum Gasteiger partial charge on any atom is 0.253 e. The van der Waals surface area contributed by atoms with E-state index in [4.69, 9.17) is 21.1 Å². The SMILES string of the molecule is CCOc1ccc(Oc2cc(CNC(=O)c3cc(S(=O)(=O)NC)ccc3Cl)ccn2)cc1. The van der Waals surface area contributed by atoms with Crippen LogP contribution in [0.3, 0.4) is 0 Å². The summed E-state index contributed by atoms with van der Waals surface area (Å²) in [5, 5.41) is 2.87. The van der Waals surface area contributed by atoms with Gasteiger partial charge in [0.25, 0.3) is 5.91 Å². The third kappa shape index (κ3) is 5.97. The van der Waals surface area contributed by atoms with Gasteiger partial charge in [-0.1, -0.05) is 11.6 Å². The highest BCUT2D eigenvalue weighted by Gasteiger charge is 2.17. The molecule has 8 nitrogen and oxygen atoms in total. The van der Waals surface area contributed by atoms with Crippen molar-refractivity contribution in [2.45, 2.75) is 18.4 Å². The van der Waals surface area contributed by atoms with Gasteiger partial charge in [-0.25, -0.2) is 18.1 Å². The molecule has 0 aliphatic carbocycles. The van der Waals surface area contributed by atoms with Gasteiger partial charge < -0.3 is 14.8 Å². The minimum absolute atomic E-state index is 0.0514. The first-order valence-electron chi connectivity index (χ1n) is 9.69. The van der Waals surface area contributed by atoms with Gasteiger partial charge in [-0.05, 0) is 68.1 Å². The Morgan fingerprint density at radius 1 is 1.06 bits per heavy atom. The summed E-state index contributed by atoms with van der Waals surface area (Å²) in [6.45, 7) is 2.66. The van der Waals surface area contributed by atoms with Crippen molar-refractivity contribution in [1.82, 2.24) is 15.0 Å². The Kier molecular flexibility index (Phi) is 7.68. The zero-order chi connectivity index (χ0) is 23.1. The van der Waals surface area contributed by atoms with Gasteiger partial charge in [0, 0.05) is 18.8 Å². The van der Waals surface area contributed by atoms with Crippen LogP contribution in [0.2, 0.25) is 5.02 Å². The highest BCUT2D eigenvalue weighted by Crippen LogP contribution is 2.24. The van der Waals surface area contributed by atoms with Crippen LogP contribution in [-0.2, 0) is 16.6 Å². The van der Waals surface area contributed by atoms with Crippen molar-refractivity contribution < 1.29 is 22.7 Å². The summed E-state index contributed by atoms with van der Waals surface area (Å²) in [4.78, 5) is 16.7. The molecule has 3 aromatic rings. The Balaban J connectivity index is 1.67. The number of ether oxygens (including phenoxy) is 2. The Morgan fingerprint density at radius 3 is 2.47 bits per heavy atom. The summed E-state index contributed by atoms with van der Waals surface area (Å²) in [5.74, 6) is 1.20. The summed E-state index contributed by atoms with van der Waals surface area (Å²) in [5.41, 5.74) is 0.798. The number of carbonyl (C=O) groups excluding carboxylic acids is 1. The van der Waals surface area contributed by atoms with E-state index in [0.29, 0.717) is 18.2 Å². The standard InChI is InChI=1S/C22H22ClN3O5S/c1-3-30-16-4-6-17(7-5-16)31-21-12-15(10-11-25-21)14-26-22(27)19-13-18(8-9-20(19)23)32(28,29)24-2/h4-13,24H,3,14H2,1-2H3,(H,26,27). The second kappa shape index (κ2) is 10.4. The normalized spacial score (nSPS) is 11.1. The van der Waals surface area contributed by atoms with Crippen LogP contribution in [0, 0.1) is 0 Å². The number of rotatable bonds is 9. The minimum Gasteiger partial charge on any atom is -0.494 e. The fraction of sp³-hybridized carbons (Fsp3) is 0.182. The van der Waals surface area contributed by atoms with Crippen molar-refractivity contribution in [3.05, 3.63) is 76.9 Å². The largest absolute Gasteiger partial charge is 0.494 e. The van der Waals surface area contributed by atoms with E-state index in [1.54, 1.807) is 42.6 Å². The first-order chi connectivity index (χ1) is 15.3. The molecular weight excluding hydrogens is 454 g/mol. The molecule has 0 saturated heterocycles. The second-order valence-electron chi connectivity index (χ2n) is 6.54. The third-order valence-electron chi connectivity index (χ3n) is 4.37. The predicted molar refractivity (Wildman–Crippen MR) is 121 cm³/mol. The molecule has 0 atom stereocenters. The number of aromatic nitrogens is 1. The van der Waals surface area contributed by atoms with Crippen molar-refractivity contribution in [2.75, 3.05) is 13.7 Å². The Hall–Kier alpha value is -3.14. The molecule has 3 rings (SSSR count). The van der Waals surface area contributed by atoms with E-state index in [-0.39, 0.29) is 22.0 Å². The van der Waals surface area contributed by atoms with Crippen LogP contribution in [0.1, 0.15) is 22.8 Å². The Bertz CT molecular complexity index is 1200. The number of nitrogens with one attached hydrogen (secondary N) is 2. The number of carbonyl (C=O) groups is 1. The number of benzene rings is 2. The molecule has 0 aliphatic rings. The lowest BCUT2D eigenvalue weighted by atomic mass is 10.2. The molecule has 0 aliphatic heterocycles. The van der Waals surface area contributed by atoms with E-state index in [9.17, 15) is 13.2 Å². The molecule has 2 aromatic carbocycles. The molecule has 0 unspecified atom stereocenters. The van der Waals surface area contributed by atoms with Crippen LogP contribution in [0.5, 0.6) is 17.4 Å². The van der Waals surface area contributed by atoms with Crippen molar-refractivity contribution in [1.29, 1.82) is 0 Å². The first-order valence-corrected chi connectivity index (χ1v) is 11.6. The van der Waals surface area contributed by atoms with Crippen molar-refractivity contribution in [2.24, 2.45) is 0 Å². The zero-order valence-corrected chi connectivity index (χ0v) is 19.0. The smallest absolute Gasteiger partial charge is 0.253 e. The van der Waals surface area contributed by atoms with Gasteiger partial charge >= 0.3 is 0 Å². The number of sulfonamides is 1. The average molecular weight is 476 g/mol. The second-order valence-corrected chi connectivity index (χ2v) is 8.83. The van der Waals surface area contributed by atoms with Crippen LogP contribution in [0.4, 0.5) is 0 Å². The summed E-state index contributed by atoms with van der Waals surface area (Å²) < 4.78 is 37.3. The van der Waals surface area contributed by atoms with Gasteiger partial charge in [-0.15, -0.1) is 0 Å². The molecule has 1 aromatic heterocycles. The number of amides is 1. The van der Waals surface area contributed by atoms with E-state index in [0.717, 1.165) is 11.3 Å². The average Bonchev–Trinajstić information content (AvgIpc) is 2.79. The lowest BCUT2D eigenvalue weighted by Gasteiger charge is -2.10. The number of hydrogen-bond acceptors (Lipinski definition) is 6. The lowest BCUT2D eigenvalue weighted by molar-refractivity contribution is 0.0950. The number of nitrogens with zero attached hydrogens (tertiary/aromatic N) is 1. The van der Waals surface area contributed by atoms with Crippen LogP contribution in [0.25, 0.3) is 0 Å². The summed E-state index contributed by atoms with van der Waals surface area (Å²) >= 11 is 6.10. The quantitative estimate of drug-likeness (QED) is 0.488. The van der Waals surface area contributed by atoms with Gasteiger partial charge in [0.2, 0.25) is 15.9 Å². The van der Waals surface area contributed by atoms with Crippen molar-refractivity contribution in [3.8, 4) is 17.4 Å². The molecule has 0 bridgehead atoms. The van der Waals surface area contributed by atoms with Gasteiger partial charge in [-0.2, -0.15) is 0 Å². The van der Waals surface area contributed by atoms with E-state index in [1.165, 1.54) is 25.2 Å². The fourth-order valence-corrected chi connectivity index (χ4v) is 3.71. The zero-order valence-electron chi connectivity index (χ0n) is 17.5. The summed E-state index contributed by atoms with van der Waals surface area (Å²) in [6.07, 6.45) is 1.57. The minimum atomic E-state index is -3.70. The van der Waals surface area contributed by atoms with Crippen molar-refractivity contribution in [3.63, 3.8) is 0 Å². The highest BCUT2D eigenvalue weighted by atomic mass is 35.5. The first kappa shape index (κ1) is 23.5. The van der Waals surface area contributed by atoms with E-state index >= 15 is 0 Å². The molecule has 32 heavy (non-hydrogen) atoms. The number of pyridine rings is 1. The number of hydrogen-bond donors (Lipinski definition) is 2. The van der Waals surface area contributed by atoms with Gasteiger partial charge in [0.15, 0.2) is 0 Å². The highest BCUT2D eigenvalue weighted by molar-refractivity contribution is 7.89. The third-order valence-corrected chi connectivity index (χ3v) is 6.11. The maximum atomic E-state index is 12.6. The van der Waals surface area contributed by atoms with Crippen LogP contribution >= 0.6 is 11.6 Å². The van der Waals surface area contributed by atoms with Crippen LogP contribution in [-0.4, -0.2) is 33.0 Å². The topological polar surface area (TPSA) is 107 Å². The molecular formula is C22H22ClN3O5S. The van der Waals surface area contributed by atoms with Crippen molar-refractivity contribution >= 4 is 27.5 Å². The monoisotopic (exact) mass is 475 g/mol. The number of halogens is 1. The van der Waals surface area contributed by atoms with Gasteiger partial charge in [0.05, 0.1) is 22.1 Å². The summed E-state index contributed by atoms with van der Waals surface area (Å²) in [6, 6.07) is 14.5. The molecule has 1 heterocycles. The Morgan fingerprint density at radius 2 is 1.78 bits per heavy atom. The molecule has 10 heteroatoms. The predicted octanol–water partition coefficient (Wildman–Crippen LogP) is 3.76. The molecule has 0 radical (unpaired) electrons. The molecule has 1 amide bonds. The van der Waals surface area contributed by atoms with E-state index in [2.05, 4.69) is 15.0 Å². The molecule has 0 saturated carbocycles. The van der Waals surface area contributed by atoms with Gasteiger partial charge in [0.1, 0.15) is 11.5 Å². The maximum absolute atomic E-state index is 12.6. The molecule has 2 N–H and O–H groups in total. The lowest BCUT2D eigenvalue weighted by Crippen LogP contribution is -2.24. The van der Waals surface area contributed by atoms with E-state index in [1.807, 2.05) is 6.92 Å². The molecule has 0 fully saturated rings. The van der Waals surface area contributed by atoms with Gasteiger partial charge in [-0.3, -0.25) is 4.79 Å². The van der Waals surface area contributed by atoms with E-state index < -0.39 is 15.9 Å². The molecule has 0 spiro atoms.